The van der Waals surface area contributed by atoms with Crippen LogP contribution in [0.25, 0.3) is 0 Å². The predicted octanol–water partition coefficient (Wildman–Crippen LogP) is -0.824. The van der Waals surface area contributed by atoms with Crippen molar-refractivity contribution in [3.63, 3.8) is 0 Å². The van der Waals surface area contributed by atoms with E-state index in [4.69, 9.17) is 5.41 Å². The van der Waals surface area contributed by atoms with E-state index in [2.05, 4.69) is 27.7 Å². The van der Waals surface area contributed by atoms with Crippen LogP contribution >= 0.6 is 11.3 Å². The molecule has 0 fully saturated rings. The molecule has 1 aromatic heterocycles. The van der Waals surface area contributed by atoms with Gasteiger partial charge in [-0.25, -0.2) is 0 Å². The van der Waals surface area contributed by atoms with Crippen molar-refractivity contribution in [1.29, 1.82) is 5.41 Å². The molecule has 0 bridgehead atoms. The van der Waals surface area contributed by atoms with E-state index in [1.807, 2.05) is 11.6 Å². The van der Waals surface area contributed by atoms with Crippen molar-refractivity contribution >= 4 is 11.3 Å². The molecule has 0 aliphatic carbocycles. The van der Waals surface area contributed by atoms with Gasteiger partial charge in [-0.15, -0.1) is 11.3 Å². The van der Waals surface area contributed by atoms with Crippen LogP contribution in [0.4, 0.5) is 0 Å². The highest BCUT2D eigenvalue weighted by Gasteiger charge is 2.19. The Labute approximate surface area is 101 Å². The quantitative estimate of drug-likeness (QED) is 0.607. The molecule has 0 saturated heterocycles. The van der Waals surface area contributed by atoms with E-state index in [0.717, 1.165) is 0 Å². The third-order valence-corrected chi connectivity index (χ3v) is 3.60. The summed E-state index contributed by atoms with van der Waals surface area (Å²) in [7, 11) is 1.95. The first kappa shape index (κ1) is 13.2. The van der Waals surface area contributed by atoms with E-state index in [-0.39, 0.29) is 29.4 Å². The van der Waals surface area contributed by atoms with Crippen LogP contribution in [0.3, 0.4) is 0 Å². The molecule has 0 aromatic carbocycles. The van der Waals surface area contributed by atoms with Gasteiger partial charge in [0, 0.05) is 17.6 Å². The van der Waals surface area contributed by atoms with Crippen molar-refractivity contribution in [3.05, 3.63) is 15.4 Å². The summed E-state index contributed by atoms with van der Waals surface area (Å²) in [5, 5.41) is 7.64. The van der Waals surface area contributed by atoms with Crippen molar-refractivity contribution in [2.45, 2.75) is 33.1 Å². The Morgan fingerprint density at radius 3 is 1.92 bits per heavy atom. The molecule has 1 heterocycles. The van der Waals surface area contributed by atoms with Crippen molar-refractivity contribution in [2.75, 3.05) is 0 Å². The van der Waals surface area contributed by atoms with Gasteiger partial charge in [0.05, 0.1) is 0 Å². The molecule has 1 rings (SSSR count). The summed E-state index contributed by atoms with van der Waals surface area (Å²) in [6, 6.07) is 0. The number of nitrogens with one attached hydrogen (secondary N) is 1. The average molecular weight is 311 g/mol. The van der Waals surface area contributed by atoms with Gasteiger partial charge in [0.1, 0.15) is 0 Å². The molecule has 76 valence electrons. The first-order chi connectivity index (χ1) is 5.34. The van der Waals surface area contributed by atoms with E-state index in [1.165, 1.54) is 10.6 Å². The molecule has 0 unspecified atom stereocenters. The molecule has 1 N–H and O–H groups in total. The lowest BCUT2D eigenvalue weighted by Gasteiger charge is -2.17. The van der Waals surface area contributed by atoms with Crippen LogP contribution in [0.15, 0.2) is 0 Å². The molecule has 0 aliphatic heterocycles. The van der Waals surface area contributed by atoms with Crippen LogP contribution in [-0.4, -0.2) is 4.57 Å². The number of hydrogen-bond acceptors (Lipinski definition) is 2. The Balaban J connectivity index is 0.00000144. The first-order valence-electron chi connectivity index (χ1n) is 4.05. The van der Waals surface area contributed by atoms with Gasteiger partial charge in [-0.05, 0) is 12.3 Å². The summed E-state index contributed by atoms with van der Waals surface area (Å²) in [5.41, 5.74) is 1.39. The molecule has 0 atom stereocenters. The van der Waals surface area contributed by atoms with Crippen molar-refractivity contribution in [1.82, 2.24) is 4.57 Å². The van der Waals surface area contributed by atoms with Crippen LogP contribution in [0.5, 0.6) is 0 Å². The van der Waals surface area contributed by atoms with Gasteiger partial charge >= 0.3 is 0 Å². The van der Waals surface area contributed by atoms with Gasteiger partial charge in [-0.1, -0.05) is 20.8 Å². The molecule has 0 radical (unpaired) electrons. The van der Waals surface area contributed by atoms with Crippen molar-refractivity contribution in [3.8, 4) is 0 Å². The molecule has 0 aliphatic rings. The number of halogens is 1. The maximum Gasteiger partial charge on any atom is 0.182 e. The predicted molar refractivity (Wildman–Crippen MR) is 52.6 cm³/mol. The Kier molecular flexibility index (Phi) is 4.18. The fourth-order valence-electron chi connectivity index (χ4n) is 1.24. The SMILES string of the molecule is Cc1c(C(C)(C)C)sc(=N)n1C.[I-]. The molecule has 0 spiro atoms. The maximum absolute atomic E-state index is 7.64. The van der Waals surface area contributed by atoms with Crippen molar-refractivity contribution in [2.24, 2.45) is 7.05 Å². The summed E-state index contributed by atoms with van der Waals surface area (Å²) < 4.78 is 1.94. The Bertz CT molecular complexity index is 343. The molecular weight excluding hydrogens is 295 g/mol. The van der Waals surface area contributed by atoms with E-state index in [0.29, 0.717) is 4.80 Å². The highest BCUT2D eigenvalue weighted by atomic mass is 127. The van der Waals surface area contributed by atoms with Crippen molar-refractivity contribution < 1.29 is 24.0 Å². The zero-order valence-electron chi connectivity index (χ0n) is 8.73. The molecule has 4 heteroatoms. The van der Waals surface area contributed by atoms with Gasteiger partial charge in [0.25, 0.3) is 0 Å². The van der Waals surface area contributed by atoms with E-state index < -0.39 is 0 Å². The fourth-order valence-corrected chi connectivity index (χ4v) is 2.30. The second-order valence-electron chi connectivity index (χ2n) is 4.13. The monoisotopic (exact) mass is 311 g/mol. The minimum Gasteiger partial charge on any atom is -1.00 e. The number of hydrogen-bond donors (Lipinski definition) is 1. The largest absolute Gasteiger partial charge is 1.00 e. The van der Waals surface area contributed by atoms with Crippen LogP contribution in [0, 0.1) is 12.3 Å². The summed E-state index contributed by atoms with van der Waals surface area (Å²) in [6.07, 6.45) is 0. The molecule has 1 aromatic rings. The van der Waals surface area contributed by atoms with Gasteiger partial charge < -0.3 is 28.5 Å². The molecule has 0 saturated carbocycles. The molecule has 0 amide bonds. The van der Waals surface area contributed by atoms with Crippen LogP contribution in [0.1, 0.15) is 31.3 Å². The van der Waals surface area contributed by atoms with Gasteiger partial charge in [-0.3, -0.25) is 5.41 Å². The molecule has 13 heavy (non-hydrogen) atoms. The third kappa shape index (κ3) is 2.56. The summed E-state index contributed by atoms with van der Waals surface area (Å²) in [4.78, 5) is 1.95. The lowest BCUT2D eigenvalue weighted by Crippen LogP contribution is -3.00. The second-order valence-corrected chi connectivity index (χ2v) is 5.13. The Hall–Kier alpha value is 0.160. The average Bonchev–Trinajstić information content (AvgIpc) is 2.15. The highest BCUT2D eigenvalue weighted by Crippen LogP contribution is 2.27. The maximum atomic E-state index is 7.64. The Morgan fingerprint density at radius 2 is 1.77 bits per heavy atom. The zero-order chi connectivity index (χ0) is 9.52. The third-order valence-electron chi connectivity index (χ3n) is 2.02. The topological polar surface area (TPSA) is 28.8 Å². The van der Waals surface area contributed by atoms with E-state index in [1.54, 1.807) is 11.3 Å². The first-order valence-corrected chi connectivity index (χ1v) is 4.87. The van der Waals surface area contributed by atoms with Gasteiger partial charge in [-0.2, -0.15) is 0 Å². The van der Waals surface area contributed by atoms with Gasteiger partial charge in [0.2, 0.25) is 0 Å². The van der Waals surface area contributed by atoms with Crippen LogP contribution in [-0.2, 0) is 12.5 Å². The van der Waals surface area contributed by atoms with Crippen LogP contribution < -0.4 is 28.8 Å². The minimum absolute atomic E-state index is 0. The number of aromatic nitrogens is 1. The molecular formula is C9H16IN2S-. The summed E-state index contributed by atoms with van der Waals surface area (Å²) >= 11 is 1.58. The lowest BCUT2D eigenvalue weighted by molar-refractivity contribution is -0.00000336. The zero-order valence-corrected chi connectivity index (χ0v) is 11.7. The van der Waals surface area contributed by atoms with Gasteiger partial charge in [0.15, 0.2) is 4.80 Å². The smallest absolute Gasteiger partial charge is 0.182 e. The van der Waals surface area contributed by atoms with E-state index >= 15 is 0 Å². The second kappa shape index (κ2) is 4.13. The fraction of sp³-hybridized carbons (Fsp3) is 0.667. The summed E-state index contributed by atoms with van der Waals surface area (Å²) in [5.74, 6) is 0. The number of rotatable bonds is 0. The number of nitrogens with zero attached hydrogens (tertiary/aromatic N) is 1. The highest BCUT2D eigenvalue weighted by molar-refractivity contribution is 7.09. The normalized spacial score (nSPS) is 11.2. The molecule has 2 nitrogen and oxygen atoms in total. The van der Waals surface area contributed by atoms with E-state index in [9.17, 15) is 0 Å². The lowest BCUT2D eigenvalue weighted by atomic mass is 9.93. The minimum atomic E-state index is 0. The summed E-state index contributed by atoms with van der Waals surface area (Å²) in [6.45, 7) is 8.64. The number of thiazole rings is 1. The standard InChI is InChI=1S/C9H16N2S.HI/c1-6-7(9(2,3)4)12-8(10)11(6)5;/h10H,1-5H3;1H/p-1. The van der Waals surface area contributed by atoms with Crippen LogP contribution in [0.2, 0.25) is 0 Å². The Morgan fingerprint density at radius 1 is 1.31 bits per heavy atom.